The fourth-order valence-corrected chi connectivity index (χ4v) is 3.13. The summed E-state index contributed by atoms with van der Waals surface area (Å²) in [7, 11) is 0. The van der Waals surface area contributed by atoms with E-state index >= 15 is 0 Å². The summed E-state index contributed by atoms with van der Waals surface area (Å²) in [5.41, 5.74) is 3.34. The van der Waals surface area contributed by atoms with Gasteiger partial charge in [0.25, 0.3) is 5.69 Å². The maximum atomic E-state index is 11.2. The van der Waals surface area contributed by atoms with E-state index < -0.39 is 0 Å². The van der Waals surface area contributed by atoms with Crippen molar-refractivity contribution in [3.05, 3.63) is 118 Å². The summed E-state index contributed by atoms with van der Waals surface area (Å²) in [5, 5.41) is 11.2. The van der Waals surface area contributed by atoms with E-state index in [4.69, 9.17) is 0 Å². The van der Waals surface area contributed by atoms with Gasteiger partial charge in [0.15, 0.2) is 0 Å². The summed E-state index contributed by atoms with van der Waals surface area (Å²) >= 11 is 0. The minimum Gasteiger partial charge on any atom is -0.295 e. The highest BCUT2D eigenvalue weighted by Gasteiger charge is 2.10. The summed E-state index contributed by atoms with van der Waals surface area (Å²) in [4.78, 5) is 13.2. The Hall–Kier alpha value is -3.24. The van der Waals surface area contributed by atoms with Gasteiger partial charge >= 0.3 is 0 Å². The molecule has 0 unspecified atom stereocenters. The molecular formula is C24H24N2O2. The highest BCUT2D eigenvalue weighted by atomic mass is 16.6. The first kappa shape index (κ1) is 19.5. The Bertz CT molecular complexity index is 908. The lowest BCUT2D eigenvalue weighted by molar-refractivity contribution is -0.385. The summed E-state index contributed by atoms with van der Waals surface area (Å²) in [6, 6.07) is 27.6. The van der Waals surface area contributed by atoms with Crippen molar-refractivity contribution in [1.82, 2.24) is 4.90 Å². The Balaban J connectivity index is 1.68. The highest BCUT2D eigenvalue weighted by Crippen LogP contribution is 2.19. The van der Waals surface area contributed by atoms with Gasteiger partial charge in [-0.25, -0.2) is 0 Å². The van der Waals surface area contributed by atoms with Crippen molar-refractivity contribution in [2.75, 3.05) is 13.1 Å². The highest BCUT2D eigenvalue weighted by molar-refractivity contribution is 5.60. The summed E-state index contributed by atoms with van der Waals surface area (Å²) in [6.45, 7) is 2.49. The molecule has 0 amide bonds. The molecule has 0 aromatic heterocycles. The van der Waals surface area contributed by atoms with Crippen LogP contribution in [0.15, 0.2) is 91.0 Å². The van der Waals surface area contributed by atoms with Crippen molar-refractivity contribution in [3.8, 4) is 0 Å². The fraction of sp³-hybridized carbons (Fsp3) is 0.167. The average molecular weight is 372 g/mol. The van der Waals surface area contributed by atoms with Crippen molar-refractivity contribution < 1.29 is 4.92 Å². The van der Waals surface area contributed by atoms with Crippen LogP contribution in [0.2, 0.25) is 0 Å². The van der Waals surface area contributed by atoms with Crippen LogP contribution in [-0.2, 0) is 13.0 Å². The molecule has 0 fully saturated rings. The summed E-state index contributed by atoms with van der Waals surface area (Å²) in [6.07, 6.45) is 4.82. The van der Waals surface area contributed by atoms with E-state index in [0.717, 1.165) is 26.1 Å². The number of nitrogens with zero attached hydrogens (tertiary/aromatic N) is 2. The topological polar surface area (TPSA) is 46.4 Å². The molecule has 3 aromatic rings. The molecular weight excluding hydrogens is 348 g/mol. The first-order valence-electron chi connectivity index (χ1n) is 9.42. The minimum absolute atomic E-state index is 0.137. The van der Waals surface area contributed by atoms with Gasteiger partial charge in [-0.1, -0.05) is 84.9 Å². The molecule has 0 atom stereocenters. The van der Waals surface area contributed by atoms with Gasteiger partial charge in [-0.15, -0.1) is 0 Å². The lowest BCUT2D eigenvalue weighted by Crippen LogP contribution is -2.26. The number of hydrogen-bond donors (Lipinski definition) is 0. The monoisotopic (exact) mass is 372 g/mol. The number of para-hydroxylation sites is 1. The van der Waals surface area contributed by atoms with Crippen LogP contribution in [0.4, 0.5) is 5.69 Å². The third-order valence-corrected chi connectivity index (χ3v) is 4.60. The van der Waals surface area contributed by atoms with Gasteiger partial charge in [0, 0.05) is 25.7 Å². The molecule has 142 valence electrons. The molecule has 0 radical (unpaired) electrons. The Morgan fingerprint density at radius 2 is 1.43 bits per heavy atom. The van der Waals surface area contributed by atoms with Gasteiger partial charge < -0.3 is 0 Å². The van der Waals surface area contributed by atoms with Crippen LogP contribution >= 0.6 is 0 Å². The SMILES string of the molecule is O=[N+]([O-])c1ccccc1/C=C/CN(CCc1ccccc1)Cc1ccccc1. The average Bonchev–Trinajstić information content (AvgIpc) is 2.73. The molecule has 0 bridgehead atoms. The largest absolute Gasteiger partial charge is 0.295 e. The van der Waals surface area contributed by atoms with E-state index in [2.05, 4.69) is 41.3 Å². The van der Waals surface area contributed by atoms with E-state index in [1.807, 2.05) is 42.5 Å². The molecule has 0 N–H and O–H groups in total. The van der Waals surface area contributed by atoms with E-state index in [0.29, 0.717) is 5.56 Å². The molecule has 28 heavy (non-hydrogen) atoms. The predicted octanol–water partition coefficient (Wildman–Crippen LogP) is 5.35. The van der Waals surface area contributed by atoms with Gasteiger partial charge in [0.05, 0.1) is 10.5 Å². The quantitative estimate of drug-likeness (QED) is 0.375. The molecule has 0 aliphatic rings. The van der Waals surface area contributed by atoms with E-state index in [9.17, 15) is 10.1 Å². The van der Waals surface area contributed by atoms with Crippen molar-refractivity contribution in [3.63, 3.8) is 0 Å². The molecule has 0 aliphatic carbocycles. The lowest BCUT2D eigenvalue weighted by Gasteiger charge is -2.21. The van der Waals surface area contributed by atoms with Crippen LogP contribution in [0.25, 0.3) is 6.08 Å². The van der Waals surface area contributed by atoms with Gasteiger partial charge in [-0.05, 0) is 23.6 Å². The second-order valence-electron chi connectivity index (χ2n) is 6.67. The summed E-state index contributed by atoms with van der Waals surface area (Å²) < 4.78 is 0. The van der Waals surface area contributed by atoms with Crippen LogP contribution in [0.3, 0.4) is 0 Å². The van der Waals surface area contributed by atoms with Crippen LogP contribution in [0, 0.1) is 10.1 Å². The molecule has 0 saturated carbocycles. The zero-order valence-corrected chi connectivity index (χ0v) is 15.8. The van der Waals surface area contributed by atoms with Crippen LogP contribution in [0.5, 0.6) is 0 Å². The second kappa shape index (κ2) is 10.2. The first-order chi connectivity index (χ1) is 13.7. The molecule has 4 nitrogen and oxygen atoms in total. The summed E-state index contributed by atoms with van der Waals surface area (Å²) in [5.74, 6) is 0. The molecule has 3 rings (SSSR count). The number of hydrogen-bond acceptors (Lipinski definition) is 3. The van der Waals surface area contributed by atoms with Crippen LogP contribution < -0.4 is 0 Å². The third kappa shape index (κ3) is 5.89. The van der Waals surface area contributed by atoms with Gasteiger partial charge in [0.2, 0.25) is 0 Å². The van der Waals surface area contributed by atoms with Gasteiger partial charge in [-0.2, -0.15) is 0 Å². The van der Waals surface area contributed by atoms with E-state index in [1.165, 1.54) is 17.2 Å². The molecule has 0 aliphatic heterocycles. The molecule has 0 saturated heterocycles. The van der Waals surface area contributed by atoms with Crippen molar-refractivity contribution in [2.45, 2.75) is 13.0 Å². The number of rotatable bonds is 9. The van der Waals surface area contributed by atoms with E-state index in [1.54, 1.807) is 12.1 Å². The zero-order chi connectivity index (χ0) is 19.6. The van der Waals surface area contributed by atoms with E-state index in [-0.39, 0.29) is 10.6 Å². The standard InChI is InChI=1S/C24H24N2O2/c27-26(28)24-16-8-7-14-23(24)15-9-18-25(20-22-12-5-2-6-13-22)19-17-21-10-3-1-4-11-21/h1-16H,17-20H2/b15-9+. The lowest BCUT2D eigenvalue weighted by atomic mass is 10.1. The predicted molar refractivity (Wildman–Crippen MR) is 114 cm³/mol. The maximum Gasteiger partial charge on any atom is 0.276 e. The molecule has 0 spiro atoms. The molecule has 3 aromatic carbocycles. The number of nitro groups is 1. The number of nitro benzene ring substituents is 1. The minimum atomic E-state index is -0.336. The van der Waals surface area contributed by atoms with Gasteiger partial charge in [-0.3, -0.25) is 15.0 Å². The molecule has 0 heterocycles. The third-order valence-electron chi connectivity index (χ3n) is 4.60. The Kier molecular flexibility index (Phi) is 7.10. The van der Waals surface area contributed by atoms with Crippen molar-refractivity contribution in [2.24, 2.45) is 0 Å². The molecule has 4 heteroatoms. The van der Waals surface area contributed by atoms with Crippen molar-refractivity contribution in [1.29, 1.82) is 0 Å². The number of benzene rings is 3. The van der Waals surface area contributed by atoms with Crippen LogP contribution in [0.1, 0.15) is 16.7 Å². The zero-order valence-electron chi connectivity index (χ0n) is 15.8. The Labute approximate surface area is 165 Å². The Morgan fingerprint density at radius 1 is 0.821 bits per heavy atom. The van der Waals surface area contributed by atoms with Crippen molar-refractivity contribution >= 4 is 11.8 Å². The van der Waals surface area contributed by atoms with Crippen LogP contribution in [-0.4, -0.2) is 22.9 Å². The Morgan fingerprint density at radius 3 is 2.11 bits per heavy atom. The fourth-order valence-electron chi connectivity index (χ4n) is 3.13. The van der Waals surface area contributed by atoms with Gasteiger partial charge in [0.1, 0.15) is 0 Å². The smallest absolute Gasteiger partial charge is 0.276 e. The maximum absolute atomic E-state index is 11.2. The second-order valence-corrected chi connectivity index (χ2v) is 6.67. The normalized spacial score (nSPS) is 11.2. The first-order valence-corrected chi connectivity index (χ1v) is 9.42.